The van der Waals surface area contributed by atoms with Gasteiger partial charge in [0.05, 0.1) is 5.54 Å². The Kier molecular flexibility index (Phi) is 6.27. The predicted molar refractivity (Wildman–Crippen MR) is 114 cm³/mol. The average molecular weight is 495 g/mol. The normalized spacial score (nSPS) is 18.1. The molecule has 2 aromatic rings. The molecule has 3 rings (SSSR count). The second-order valence-electron chi connectivity index (χ2n) is 7.42. The van der Waals surface area contributed by atoms with Crippen molar-refractivity contribution in [1.29, 1.82) is 0 Å². The van der Waals surface area contributed by atoms with Gasteiger partial charge >= 0.3 is 6.18 Å². The van der Waals surface area contributed by atoms with Gasteiger partial charge in [0.2, 0.25) is 6.49 Å². The van der Waals surface area contributed by atoms with E-state index in [9.17, 15) is 18.0 Å². The molecule has 0 radical (unpaired) electrons. The van der Waals surface area contributed by atoms with Crippen molar-refractivity contribution in [2.75, 3.05) is 13.3 Å². The molecule has 0 aliphatic carbocycles. The summed E-state index contributed by atoms with van der Waals surface area (Å²) in [7, 11) is 1.59. The molecule has 1 aliphatic heterocycles. The van der Waals surface area contributed by atoms with Crippen molar-refractivity contribution in [3.05, 3.63) is 40.9 Å². The molecule has 168 valence electrons. The maximum absolute atomic E-state index is 12.8. The van der Waals surface area contributed by atoms with Crippen LogP contribution in [0.3, 0.4) is 0 Å². The summed E-state index contributed by atoms with van der Waals surface area (Å²) in [5, 5.41) is 7.60. The first-order valence-electron chi connectivity index (χ1n) is 8.91. The van der Waals surface area contributed by atoms with Crippen LogP contribution in [-0.4, -0.2) is 45.7 Å². The highest BCUT2D eigenvalue weighted by Crippen LogP contribution is 2.51. The number of aryl methyl sites for hydroxylation is 1. The monoisotopic (exact) mass is 494 g/mol. The molecule has 0 fully saturated rings. The summed E-state index contributed by atoms with van der Waals surface area (Å²) >= 11 is 11.1. The maximum Gasteiger partial charge on any atom is 0.412 e. The molecule has 13 heteroatoms. The van der Waals surface area contributed by atoms with Gasteiger partial charge in [0.25, 0.3) is 5.91 Å². The van der Waals surface area contributed by atoms with Gasteiger partial charge in [0, 0.05) is 24.3 Å². The van der Waals surface area contributed by atoms with Crippen molar-refractivity contribution in [1.82, 2.24) is 20.1 Å². The lowest BCUT2D eigenvalue weighted by atomic mass is 10.0. The Bertz CT molecular complexity index is 1100. The summed E-state index contributed by atoms with van der Waals surface area (Å²) in [6.45, 7) is -0.374. The van der Waals surface area contributed by atoms with E-state index >= 15 is 0 Å². The van der Waals surface area contributed by atoms with Crippen molar-refractivity contribution < 1.29 is 27.0 Å². The Balaban J connectivity index is 2.03. The highest BCUT2D eigenvalue weighted by atomic mass is 35.5. The average Bonchev–Trinajstić information content (AvgIpc) is 3.10. The van der Waals surface area contributed by atoms with E-state index in [1.54, 1.807) is 45.2 Å². The standard InChI is InChI=1S/C18H19ClF3N4O3PS/c1-17(2)13(29-30(4,31)28-9-18(20,21)22)12(16(27)24-17)15-23-14(25-26(15)3)10-5-7-11(19)8-6-10/h5-8H,9H2,1-4H3,(H,24,27). The minimum absolute atomic E-state index is 0.0342. The largest absolute Gasteiger partial charge is 0.445 e. The SMILES string of the molecule is Cn1nc(-c2ccc(Cl)cc2)nc1C1=C(OP(C)(=S)OCC(F)(F)F)C(C)(C)NC1=O. The Morgan fingerprint density at radius 1 is 1.29 bits per heavy atom. The van der Waals surface area contributed by atoms with Gasteiger partial charge < -0.3 is 14.4 Å². The van der Waals surface area contributed by atoms with E-state index in [0.29, 0.717) is 16.4 Å². The highest BCUT2D eigenvalue weighted by molar-refractivity contribution is 8.09. The fourth-order valence-corrected chi connectivity index (χ4v) is 4.48. The molecular weight excluding hydrogens is 476 g/mol. The number of carbonyl (C=O) groups excluding carboxylic acids is 1. The number of nitrogens with one attached hydrogen (secondary N) is 1. The van der Waals surface area contributed by atoms with Crippen LogP contribution in [-0.2, 0) is 32.7 Å². The van der Waals surface area contributed by atoms with Crippen LogP contribution in [0.2, 0.25) is 5.02 Å². The third-order valence-electron chi connectivity index (χ3n) is 4.26. The summed E-state index contributed by atoms with van der Waals surface area (Å²) < 4.78 is 49.7. The molecule has 7 nitrogen and oxygen atoms in total. The van der Waals surface area contributed by atoms with Crippen molar-refractivity contribution in [3.63, 3.8) is 0 Å². The van der Waals surface area contributed by atoms with Crippen LogP contribution >= 0.6 is 18.1 Å². The molecule has 0 bridgehead atoms. The van der Waals surface area contributed by atoms with Crippen molar-refractivity contribution in [3.8, 4) is 11.4 Å². The van der Waals surface area contributed by atoms with Crippen LogP contribution in [0.4, 0.5) is 13.2 Å². The van der Waals surface area contributed by atoms with Gasteiger partial charge in [-0.3, -0.25) is 4.79 Å². The summed E-state index contributed by atoms with van der Waals surface area (Å²) in [4.78, 5) is 17.2. The van der Waals surface area contributed by atoms with Gasteiger partial charge in [-0.15, -0.1) is 0 Å². The quantitative estimate of drug-likeness (QED) is 0.604. The molecule has 1 amide bonds. The second kappa shape index (κ2) is 8.20. The molecule has 2 heterocycles. The summed E-state index contributed by atoms with van der Waals surface area (Å²) in [5.74, 6) is 0.0595. The fourth-order valence-electron chi connectivity index (χ4n) is 2.89. The van der Waals surface area contributed by atoms with E-state index in [-0.39, 0.29) is 17.2 Å². The number of hydrogen-bond donors (Lipinski definition) is 1. The number of amides is 1. The Labute approximate surface area is 186 Å². The number of aromatic nitrogens is 3. The zero-order valence-corrected chi connectivity index (χ0v) is 19.4. The summed E-state index contributed by atoms with van der Waals surface area (Å²) in [6, 6.07) is 6.81. The molecule has 0 saturated carbocycles. The summed E-state index contributed by atoms with van der Waals surface area (Å²) in [6.07, 6.45) is -4.56. The Hall–Kier alpha value is -1.94. The molecular formula is C18H19ClF3N4O3PS. The third kappa shape index (κ3) is 5.46. The molecule has 1 unspecified atom stereocenters. The number of rotatable bonds is 6. The zero-order chi connectivity index (χ0) is 23.2. The van der Waals surface area contributed by atoms with Crippen LogP contribution in [0.25, 0.3) is 17.0 Å². The molecule has 1 aromatic heterocycles. The number of hydrogen-bond acceptors (Lipinski definition) is 6. The molecule has 1 N–H and O–H groups in total. The molecule has 0 saturated heterocycles. The highest BCUT2D eigenvalue weighted by Gasteiger charge is 2.44. The minimum Gasteiger partial charge on any atom is -0.445 e. The van der Waals surface area contributed by atoms with Gasteiger partial charge in [-0.2, -0.15) is 18.3 Å². The van der Waals surface area contributed by atoms with Gasteiger partial charge in [0.1, 0.15) is 11.3 Å². The smallest absolute Gasteiger partial charge is 0.412 e. The molecule has 0 spiro atoms. The number of carbonyl (C=O) groups is 1. The lowest BCUT2D eigenvalue weighted by molar-refractivity contribution is -0.153. The van der Waals surface area contributed by atoms with Crippen LogP contribution in [0.15, 0.2) is 30.0 Å². The topological polar surface area (TPSA) is 78.3 Å². The maximum atomic E-state index is 12.8. The lowest BCUT2D eigenvalue weighted by Gasteiger charge is -2.27. The van der Waals surface area contributed by atoms with Crippen molar-refractivity contribution in [2.24, 2.45) is 7.05 Å². The number of halogens is 4. The Morgan fingerprint density at radius 2 is 1.90 bits per heavy atom. The van der Waals surface area contributed by atoms with Gasteiger partial charge in [-0.25, -0.2) is 9.67 Å². The molecule has 31 heavy (non-hydrogen) atoms. The van der Waals surface area contributed by atoms with Crippen LogP contribution in [0.1, 0.15) is 19.7 Å². The van der Waals surface area contributed by atoms with E-state index in [1.165, 1.54) is 11.3 Å². The van der Waals surface area contributed by atoms with Crippen LogP contribution < -0.4 is 5.32 Å². The van der Waals surface area contributed by atoms with E-state index in [0.717, 1.165) is 0 Å². The van der Waals surface area contributed by atoms with E-state index in [2.05, 4.69) is 15.4 Å². The number of benzene rings is 1. The Morgan fingerprint density at radius 3 is 2.48 bits per heavy atom. The second-order valence-corrected chi connectivity index (χ2v) is 11.8. The summed E-state index contributed by atoms with van der Waals surface area (Å²) in [5.41, 5.74) is -0.339. The van der Waals surface area contributed by atoms with Crippen molar-refractivity contribution in [2.45, 2.75) is 25.6 Å². The molecule has 1 atom stereocenters. The molecule has 1 aliphatic rings. The van der Waals surface area contributed by atoms with Crippen molar-refractivity contribution >= 4 is 41.4 Å². The number of alkyl halides is 3. The zero-order valence-electron chi connectivity index (χ0n) is 17.0. The number of nitrogens with zero attached hydrogens (tertiary/aromatic N) is 3. The van der Waals surface area contributed by atoms with Gasteiger partial charge in [0.15, 0.2) is 18.3 Å². The minimum atomic E-state index is -4.56. The van der Waals surface area contributed by atoms with Gasteiger partial charge in [-0.05, 0) is 49.9 Å². The lowest BCUT2D eigenvalue weighted by Crippen LogP contribution is -2.38. The van der Waals surface area contributed by atoms with Crippen LogP contribution in [0, 0.1) is 0 Å². The fraction of sp³-hybridized carbons (Fsp3) is 0.389. The van der Waals surface area contributed by atoms with Crippen LogP contribution in [0.5, 0.6) is 0 Å². The van der Waals surface area contributed by atoms with E-state index < -0.39 is 30.7 Å². The van der Waals surface area contributed by atoms with Gasteiger partial charge in [-0.1, -0.05) is 11.6 Å². The first-order valence-corrected chi connectivity index (χ1v) is 12.4. The first-order chi connectivity index (χ1) is 14.2. The first kappa shape index (κ1) is 23.7. The molecule has 1 aromatic carbocycles. The van der Waals surface area contributed by atoms with E-state index in [1.807, 2.05) is 0 Å². The van der Waals surface area contributed by atoms with E-state index in [4.69, 9.17) is 32.5 Å². The predicted octanol–water partition coefficient (Wildman–Crippen LogP) is 4.29. The third-order valence-corrected chi connectivity index (χ3v) is 6.16.